The van der Waals surface area contributed by atoms with Gasteiger partial charge in [0, 0.05) is 16.8 Å². The molecule has 2 aromatic rings. The molecular formula is C19H18Cl2N2O3S. The van der Waals surface area contributed by atoms with Gasteiger partial charge in [0.15, 0.2) is 17.0 Å². The summed E-state index contributed by atoms with van der Waals surface area (Å²) in [5.74, 6) is 0.897. The smallest absolute Gasteiger partial charge is 0.260 e. The molecule has 5 nitrogen and oxygen atoms in total. The molecule has 0 spiro atoms. The number of aryl methyl sites for hydroxylation is 1. The Bertz CT molecular complexity index is 918. The minimum absolute atomic E-state index is 0.178. The van der Waals surface area contributed by atoms with Gasteiger partial charge in [-0.2, -0.15) is 0 Å². The molecule has 1 saturated heterocycles. The molecular weight excluding hydrogens is 407 g/mol. The van der Waals surface area contributed by atoms with E-state index in [0.717, 1.165) is 11.3 Å². The van der Waals surface area contributed by atoms with Crippen LogP contribution < -0.4 is 20.1 Å². The molecule has 1 unspecified atom stereocenters. The lowest BCUT2D eigenvalue weighted by atomic mass is 10.2. The van der Waals surface area contributed by atoms with Crippen LogP contribution in [-0.2, 0) is 4.79 Å². The molecule has 27 heavy (non-hydrogen) atoms. The second-order valence-electron chi connectivity index (χ2n) is 5.81. The first-order valence-electron chi connectivity index (χ1n) is 8.04. The van der Waals surface area contributed by atoms with Crippen molar-refractivity contribution in [1.29, 1.82) is 0 Å². The summed E-state index contributed by atoms with van der Waals surface area (Å²) in [7, 11) is 3.09. The van der Waals surface area contributed by atoms with Gasteiger partial charge in [-0.25, -0.2) is 0 Å². The van der Waals surface area contributed by atoms with Crippen LogP contribution in [0.1, 0.15) is 11.1 Å². The fourth-order valence-corrected chi connectivity index (χ4v) is 3.93. The number of benzene rings is 2. The summed E-state index contributed by atoms with van der Waals surface area (Å²) in [4.78, 5) is 12.9. The summed E-state index contributed by atoms with van der Waals surface area (Å²) >= 11 is 13.7. The van der Waals surface area contributed by atoms with Crippen LogP contribution in [-0.4, -0.2) is 25.6 Å². The van der Waals surface area contributed by atoms with Crippen LogP contribution in [0.25, 0.3) is 6.08 Å². The van der Waals surface area contributed by atoms with Gasteiger partial charge in [-0.1, -0.05) is 41.0 Å². The molecule has 2 N–H and O–H groups in total. The molecule has 1 atom stereocenters. The molecule has 0 radical (unpaired) electrons. The number of carbonyl (C=O) groups is 1. The quantitative estimate of drug-likeness (QED) is 0.667. The topological polar surface area (TPSA) is 59.6 Å². The summed E-state index contributed by atoms with van der Waals surface area (Å²) in [6, 6.07) is 8.98. The Balaban J connectivity index is 1.82. The van der Waals surface area contributed by atoms with E-state index >= 15 is 0 Å². The Labute approximate surface area is 172 Å². The standard InChI is InChI=1S/C19H18Cl2N2O3S/c1-10-4-5-12(20)8-14(10)22-19-23-18(24)17(27-19)7-11-6-15(25-2)16(26-3)9-13(11)21/h4-9,19,22H,1-3H3,(H,23,24)/b17-7-. The minimum Gasteiger partial charge on any atom is -0.493 e. The second-order valence-corrected chi connectivity index (χ2v) is 7.80. The van der Waals surface area contributed by atoms with Crippen molar-refractivity contribution >= 4 is 52.6 Å². The van der Waals surface area contributed by atoms with Crippen molar-refractivity contribution < 1.29 is 14.3 Å². The van der Waals surface area contributed by atoms with Crippen LogP contribution in [0, 0.1) is 6.92 Å². The maximum Gasteiger partial charge on any atom is 0.260 e. The van der Waals surface area contributed by atoms with Crippen LogP contribution in [0.3, 0.4) is 0 Å². The number of methoxy groups -OCH3 is 2. The van der Waals surface area contributed by atoms with Crippen LogP contribution in [0.5, 0.6) is 11.5 Å². The number of amides is 1. The maximum absolute atomic E-state index is 12.4. The van der Waals surface area contributed by atoms with E-state index in [1.807, 2.05) is 25.1 Å². The fraction of sp³-hybridized carbons (Fsp3) is 0.211. The molecule has 8 heteroatoms. The number of halogens is 2. The van der Waals surface area contributed by atoms with Gasteiger partial charge < -0.3 is 20.1 Å². The summed E-state index contributed by atoms with van der Waals surface area (Å²) in [6.07, 6.45) is 1.73. The highest BCUT2D eigenvalue weighted by Crippen LogP contribution is 2.37. The van der Waals surface area contributed by atoms with Crippen molar-refractivity contribution in [3.8, 4) is 11.5 Å². The normalized spacial score (nSPS) is 17.7. The van der Waals surface area contributed by atoms with Gasteiger partial charge in [-0.3, -0.25) is 4.79 Å². The van der Waals surface area contributed by atoms with Crippen molar-refractivity contribution in [2.45, 2.75) is 12.4 Å². The number of hydrogen-bond acceptors (Lipinski definition) is 5. The third-order valence-electron chi connectivity index (χ3n) is 4.01. The molecule has 0 aromatic heterocycles. The Morgan fingerprint density at radius 2 is 1.85 bits per heavy atom. The predicted molar refractivity (Wildman–Crippen MR) is 112 cm³/mol. The number of thioether (sulfide) groups is 1. The number of nitrogens with one attached hydrogen (secondary N) is 2. The SMILES string of the molecule is COc1cc(Cl)c(/C=C2\SC(Nc3cc(Cl)ccc3C)NC2=O)cc1OC. The average molecular weight is 425 g/mol. The molecule has 1 aliphatic heterocycles. The van der Waals surface area contributed by atoms with E-state index in [0.29, 0.717) is 32.0 Å². The van der Waals surface area contributed by atoms with E-state index in [-0.39, 0.29) is 11.4 Å². The van der Waals surface area contributed by atoms with Crippen LogP contribution in [0.4, 0.5) is 5.69 Å². The lowest BCUT2D eigenvalue weighted by Gasteiger charge is -2.15. The zero-order chi connectivity index (χ0) is 19.6. The minimum atomic E-state index is -0.306. The van der Waals surface area contributed by atoms with Gasteiger partial charge in [0.1, 0.15) is 0 Å². The molecule has 142 valence electrons. The lowest BCUT2D eigenvalue weighted by molar-refractivity contribution is -0.116. The molecule has 1 amide bonds. The van der Waals surface area contributed by atoms with Crippen LogP contribution in [0.15, 0.2) is 35.2 Å². The summed E-state index contributed by atoms with van der Waals surface area (Å²) in [6.45, 7) is 1.97. The number of anilines is 1. The number of carbonyl (C=O) groups excluding carboxylic acids is 1. The van der Waals surface area contributed by atoms with E-state index in [1.165, 1.54) is 11.8 Å². The highest BCUT2D eigenvalue weighted by Gasteiger charge is 2.28. The first kappa shape index (κ1) is 19.7. The first-order chi connectivity index (χ1) is 12.9. The Kier molecular flexibility index (Phi) is 6.09. The van der Waals surface area contributed by atoms with Crippen molar-refractivity contribution in [2.75, 3.05) is 19.5 Å². The van der Waals surface area contributed by atoms with E-state index in [1.54, 1.807) is 32.4 Å². The van der Waals surface area contributed by atoms with E-state index < -0.39 is 0 Å². The zero-order valence-corrected chi connectivity index (χ0v) is 17.3. The summed E-state index contributed by atoms with van der Waals surface area (Å²) < 4.78 is 10.5. The lowest BCUT2D eigenvalue weighted by Crippen LogP contribution is -2.31. The van der Waals surface area contributed by atoms with E-state index in [9.17, 15) is 4.79 Å². The third kappa shape index (κ3) is 4.46. The van der Waals surface area contributed by atoms with Crippen molar-refractivity contribution in [3.63, 3.8) is 0 Å². The molecule has 0 bridgehead atoms. The van der Waals surface area contributed by atoms with Crippen molar-refractivity contribution in [1.82, 2.24) is 5.32 Å². The maximum atomic E-state index is 12.4. The second kappa shape index (κ2) is 8.33. The Morgan fingerprint density at radius 3 is 2.56 bits per heavy atom. The van der Waals surface area contributed by atoms with Gasteiger partial charge in [0.05, 0.1) is 24.1 Å². The van der Waals surface area contributed by atoms with E-state index in [4.69, 9.17) is 32.7 Å². The third-order valence-corrected chi connectivity index (χ3v) is 5.60. The highest BCUT2D eigenvalue weighted by molar-refractivity contribution is 8.05. The molecule has 0 aliphatic carbocycles. The van der Waals surface area contributed by atoms with E-state index in [2.05, 4.69) is 10.6 Å². The zero-order valence-electron chi connectivity index (χ0n) is 14.9. The molecule has 1 fully saturated rings. The molecule has 1 aliphatic rings. The fourth-order valence-electron chi connectivity index (χ4n) is 2.58. The van der Waals surface area contributed by atoms with Gasteiger partial charge in [-0.05, 0) is 42.3 Å². The first-order valence-corrected chi connectivity index (χ1v) is 9.68. The number of ether oxygens (including phenoxy) is 2. The van der Waals surface area contributed by atoms with Gasteiger partial charge in [-0.15, -0.1) is 0 Å². The van der Waals surface area contributed by atoms with Crippen LogP contribution in [0.2, 0.25) is 10.0 Å². The Morgan fingerprint density at radius 1 is 1.15 bits per heavy atom. The molecule has 3 rings (SSSR count). The summed E-state index contributed by atoms with van der Waals surface area (Å²) in [5.41, 5.74) is 2.27. The Hall–Kier alpha value is -2.02. The van der Waals surface area contributed by atoms with Gasteiger partial charge >= 0.3 is 0 Å². The van der Waals surface area contributed by atoms with Crippen LogP contribution >= 0.6 is 35.0 Å². The molecule has 2 aromatic carbocycles. The van der Waals surface area contributed by atoms with Gasteiger partial charge in [0.2, 0.25) is 0 Å². The van der Waals surface area contributed by atoms with Gasteiger partial charge in [0.25, 0.3) is 5.91 Å². The average Bonchev–Trinajstić information content (AvgIpc) is 2.98. The monoisotopic (exact) mass is 424 g/mol. The summed E-state index contributed by atoms with van der Waals surface area (Å²) in [5, 5.41) is 7.27. The largest absolute Gasteiger partial charge is 0.493 e. The molecule has 0 saturated carbocycles. The van der Waals surface area contributed by atoms with Crippen molar-refractivity contribution in [2.24, 2.45) is 0 Å². The predicted octanol–water partition coefficient (Wildman–Crippen LogP) is 4.92. The number of hydrogen-bond donors (Lipinski definition) is 2. The number of rotatable bonds is 5. The molecule has 1 heterocycles. The van der Waals surface area contributed by atoms with Crippen molar-refractivity contribution in [3.05, 3.63) is 56.4 Å². The highest BCUT2D eigenvalue weighted by atomic mass is 35.5.